The zero-order valence-corrected chi connectivity index (χ0v) is 8.76. The van der Waals surface area contributed by atoms with Crippen molar-refractivity contribution in [2.24, 2.45) is 0 Å². The first-order valence-corrected chi connectivity index (χ1v) is 5.41. The maximum atomic E-state index is 9.66. The summed E-state index contributed by atoms with van der Waals surface area (Å²) in [5.74, 6) is 0. The summed E-state index contributed by atoms with van der Waals surface area (Å²) >= 11 is 0. The number of nitrogens with zero attached hydrogens (tertiary/aromatic N) is 1. The normalized spacial score (nSPS) is 34.7. The van der Waals surface area contributed by atoms with Crippen LogP contribution in [0.15, 0.2) is 0 Å². The fourth-order valence-corrected chi connectivity index (χ4v) is 1.97. The zero-order valence-electron chi connectivity index (χ0n) is 8.76. The Kier molecular flexibility index (Phi) is 4.81. The van der Waals surface area contributed by atoms with Gasteiger partial charge in [-0.25, -0.2) is 0 Å². The number of unbranched alkanes of at least 4 members (excludes halogenated alkanes) is 1. The first-order valence-electron chi connectivity index (χ1n) is 5.41. The highest BCUT2D eigenvalue weighted by Crippen LogP contribution is 2.18. The van der Waals surface area contributed by atoms with E-state index in [9.17, 15) is 10.2 Å². The molecule has 0 radical (unpaired) electrons. The summed E-state index contributed by atoms with van der Waals surface area (Å²) in [5.41, 5.74) is 0. The van der Waals surface area contributed by atoms with Gasteiger partial charge in [-0.15, -0.1) is 0 Å². The van der Waals surface area contributed by atoms with Gasteiger partial charge in [-0.3, -0.25) is 4.90 Å². The standard InChI is InChI=1S/C10H21NO3/c1-2-3-5-11-6-4-9(13)10(14)8(11)7-12/h8-10,12-14H,2-7H2,1H3/t8-,9+,10-/m1/s1. The molecule has 14 heavy (non-hydrogen) atoms. The number of hydrogen-bond acceptors (Lipinski definition) is 4. The topological polar surface area (TPSA) is 63.9 Å². The highest BCUT2D eigenvalue weighted by atomic mass is 16.3. The first kappa shape index (κ1) is 11.9. The Hall–Kier alpha value is -0.160. The van der Waals surface area contributed by atoms with Crippen LogP contribution in [0.2, 0.25) is 0 Å². The van der Waals surface area contributed by atoms with Crippen molar-refractivity contribution < 1.29 is 15.3 Å². The number of rotatable bonds is 4. The molecule has 1 aliphatic heterocycles. The van der Waals surface area contributed by atoms with E-state index in [0.29, 0.717) is 6.42 Å². The Morgan fingerprint density at radius 1 is 1.36 bits per heavy atom. The van der Waals surface area contributed by atoms with Crippen molar-refractivity contribution in [2.75, 3.05) is 19.7 Å². The number of likely N-dealkylation sites (tertiary alicyclic amines) is 1. The van der Waals surface area contributed by atoms with E-state index in [1.807, 2.05) is 0 Å². The number of hydrogen-bond donors (Lipinski definition) is 3. The summed E-state index contributed by atoms with van der Waals surface area (Å²) in [6.45, 7) is 3.69. The van der Waals surface area contributed by atoms with Crippen molar-refractivity contribution in [3.63, 3.8) is 0 Å². The lowest BCUT2D eigenvalue weighted by molar-refractivity contribution is -0.0895. The van der Waals surface area contributed by atoms with Crippen molar-refractivity contribution in [1.82, 2.24) is 4.90 Å². The van der Waals surface area contributed by atoms with Gasteiger partial charge in [-0.1, -0.05) is 13.3 Å². The number of piperidine rings is 1. The van der Waals surface area contributed by atoms with E-state index in [4.69, 9.17) is 5.11 Å². The monoisotopic (exact) mass is 203 g/mol. The molecule has 1 fully saturated rings. The van der Waals surface area contributed by atoms with Crippen LogP contribution in [0.25, 0.3) is 0 Å². The maximum absolute atomic E-state index is 9.66. The SMILES string of the molecule is CCCCN1CC[C@H](O)[C@H](O)[C@H]1CO. The Labute approximate surface area is 85.2 Å². The minimum absolute atomic E-state index is 0.0814. The van der Waals surface area contributed by atoms with E-state index in [1.165, 1.54) is 0 Å². The fraction of sp³-hybridized carbons (Fsp3) is 1.00. The Bertz CT molecular complexity index is 163. The summed E-state index contributed by atoms with van der Waals surface area (Å²) in [6, 6.07) is -0.287. The summed E-state index contributed by atoms with van der Waals surface area (Å²) < 4.78 is 0. The quantitative estimate of drug-likeness (QED) is 0.580. The van der Waals surface area contributed by atoms with E-state index in [2.05, 4.69) is 11.8 Å². The van der Waals surface area contributed by atoms with Gasteiger partial charge in [-0.2, -0.15) is 0 Å². The molecule has 0 aromatic rings. The second-order valence-corrected chi connectivity index (χ2v) is 3.99. The maximum Gasteiger partial charge on any atom is 0.0976 e. The van der Waals surface area contributed by atoms with Crippen molar-refractivity contribution >= 4 is 0 Å². The molecular weight excluding hydrogens is 182 g/mol. The van der Waals surface area contributed by atoms with Gasteiger partial charge in [0.15, 0.2) is 0 Å². The molecule has 0 bridgehead atoms. The van der Waals surface area contributed by atoms with Crippen molar-refractivity contribution in [1.29, 1.82) is 0 Å². The molecule has 1 aliphatic rings. The summed E-state index contributed by atoms with van der Waals surface area (Å²) in [5, 5.41) is 28.2. The smallest absolute Gasteiger partial charge is 0.0976 e. The molecule has 0 aromatic carbocycles. The van der Waals surface area contributed by atoms with Crippen LogP contribution in [0.4, 0.5) is 0 Å². The third-order valence-corrected chi connectivity index (χ3v) is 2.96. The van der Waals surface area contributed by atoms with Gasteiger partial charge < -0.3 is 15.3 Å². The molecule has 1 saturated heterocycles. The van der Waals surface area contributed by atoms with Gasteiger partial charge in [0.1, 0.15) is 0 Å². The summed E-state index contributed by atoms with van der Waals surface area (Å²) in [6.07, 6.45) is 1.30. The molecule has 3 atom stereocenters. The molecule has 0 aliphatic carbocycles. The molecule has 4 heteroatoms. The van der Waals surface area contributed by atoms with Crippen LogP contribution in [0.5, 0.6) is 0 Å². The number of aliphatic hydroxyl groups is 3. The molecule has 0 unspecified atom stereocenters. The van der Waals surface area contributed by atoms with Crippen LogP contribution in [0, 0.1) is 0 Å². The third kappa shape index (κ3) is 2.67. The van der Waals surface area contributed by atoms with Crippen LogP contribution < -0.4 is 0 Å². The lowest BCUT2D eigenvalue weighted by atomic mass is 9.96. The molecule has 1 rings (SSSR count). The Morgan fingerprint density at radius 2 is 2.07 bits per heavy atom. The molecule has 0 amide bonds. The van der Waals surface area contributed by atoms with Crippen LogP contribution in [-0.2, 0) is 0 Å². The van der Waals surface area contributed by atoms with Crippen molar-refractivity contribution in [3.8, 4) is 0 Å². The second kappa shape index (κ2) is 5.66. The Balaban J connectivity index is 2.48. The van der Waals surface area contributed by atoms with Gasteiger partial charge in [-0.05, 0) is 19.4 Å². The minimum atomic E-state index is -0.800. The van der Waals surface area contributed by atoms with Crippen LogP contribution in [0.1, 0.15) is 26.2 Å². The van der Waals surface area contributed by atoms with E-state index < -0.39 is 12.2 Å². The fourth-order valence-electron chi connectivity index (χ4n) is 1.97. The average Bonchev–Trinajstić information content (AvgIpc) is 2.20. The first-order chi connectivity index (χ1) is 6.70. The van der Waals surface area contributed by atoms with E-state index in [0.717, 1.165) is 25.9 Å². The summed E-state index contributed by atoms with van der Waals surface area (Å²) in [7, 11) is 0. The van der Waals surface area contributed by atoms with Crippen LogP contribution >= 0.6 is 0 Å². The molecule has 0 saturated carbocycles. The Morgan fingerprint density at radius 3 is 2.64 bits per heavy atom. The number of aliphatic hydroxyl groups excluding tert-OH is 3. The van der Waals surface area contributed by atoms with Gasteiger partial charge >= 0.3 is 0 Å². The molecule has 84 valence electrons. The predicted molar refractivity (Wildman–Crippen MR) is 54.0 cm³/mol. The summed E-state index contributed by atoms with van der Waals surface area (Å²) in [4.78, 5) is 2.07. The van der Waals surface area contributed by atoms with Crippen LogP contribution in [-0.4, -0.2) is 58.2 Å². The molecule has 3 N–H and O–H groups in total. The third-order valence-electron chi connectivity index (χ3n) is 2.96. The highest BCUT2D eigenvalue weighted by Gasteiger charge is 2.34. The molecule has 4 nitrogen and oxygen atoms in total. The van der Waals surface area contributed by atoms with Crippen molar-refractivity contribution in [3.05, 3.63) is 0 Å². The lowest BCUT2D eigenvalue weighted by Crippen LogP contribution is -2.56. The van der Waals surface area contributed by atoms with Gasteiger partial charge in [0, 0.05) is 6.54 Å². The average molecular weight is 203 g/mol. The predicted octanol–water partition coefficient (Wildman–Crippen LogP) is -0.425. The largest absolute Gasteiger partial charge is 0.395 e. The molecule has 0 aromatic heterocycles. The van der Waals surface area contributed by atoms with Crippen LogP contribution in [0.3, 0.4) is 0 Å². The van der Waals surface area contributed by atoms with E-state index in [-0.39, 0.29) is 12.6 Å². The molecule has 1 heterocycles. The van der Waals surface area contributed by atoms with Gasteiger partial charge in [0.05, 0.1) is 24.9 Å². The van der Waals surface area contributed by atoms with E-state index in [1.54, 1.807) is 0 Å². The highest BCUT2D eigenvalue weighted by molar-refractivity contribution is 4.88. The zero-order chi connectivity index (χ0) is 10.6. The van der Waals surface area contributed by atoms with E-state index >= 15 is 0 Å². The second-order valence-electron chi connectivity index (χ2n) is 3.99. The molecular formula is C10H21NO3. The van der Waals surface area contributed by atoms with Crippen molar-refractivity contribution in [2.45, 2.75) is 44.4 Å². The minimum Gasteiger partial charge on any atom is -0.395 e. The molecule has 0 spiro atoms. The van der Waals surface area contributed by atoms with Gasteiger partial charge in [0.2, 0.25) is 0 Å². The lowest BCUT2D eigenvalue weighted by Gasteiger charge is -2.40. The van der Waals surface area contributed by atoms with Gasteiger partial charge in [0.25, 0.3) is 0 Å².